The third-order valence-corrected chi connectivity index (χ3v) is 3.44. The third-order valence-electron chi connectivity index (χ3n) is 3.44. The third kappa shape index (κ3) is 3.03. The molecule has 0 radical (unpaired) electrons. The van der Waals surface area contributed by atoms with Crippen molar-refractivity contribution in [1.29, 1.82) is 0 Å². The number of rotatable bonds is 4. The van der Waals surface area contributed by atoms with Gasteiger partial charge in [-0.25, -0.2) is 4.39 Å². The highest BCUT2D eigenvalue weighted by molar-refractivity contribution is 5.19. The van der Waals surface area contributed by atoms with Gasteiger partial charge in [0.15, 0.2) is 0 Å². The first kappa shape index (κ1) is 12.5. The Hall–Kier alpha value is -0.970. The molecule has 1 aliphatic heterocycles. The number of benzene rings is 1. The molecular formula is C13H19FN2O. The molecule has 1 aromatic carbocycles. The fraction of sp³-hybridized carbons (Fsp3) is 0.538. The number of methoxy groups -OCH3 is 1. The summed E-state index contributed by atoms with van der Waals surface area (Å²) in [5.74, 6) is 0.202. The maximum Gasteiger partial charge on any atom is 0.123 e. The van der Waals surface area contributed by atoms with E-state index in [1.807, 2.05) is 0 Å². The largest absolute Gasteiger partial charge is 0.377 e. The van der Waals surface area contributed by atoms with Crippen molar-refractivity contribution in [2.24, 2.45) is 11.7 Å². The molecule has 1 aromatic rings. The molecular weight excluding hydrogens is 219 g/mol. The van der Waals surface area contributed by atoms with Crippen molar-refractivity contribution in [3.8, 4) is 0 Å². The van der Waals surface area contributed by atoms with Crippen molar-refractivity contribution in [3.63, 3.8) is 0 Å². The zero-order chi connectivity index (χ0) is 12.3. The molecule has 2 rings (SSSR count). The maximum atomic E-state index is 12.9. The highest BCUT2D eigenvalue weighted by atomic mass is 19.1. The van der Waals surface area contributed by atoms with Crippen molar-refractivity contribution in [1.82, 2.24) is 5.32 Å². The van der Waals surface area contributed by atoms with Crippen molar-refractivity contribution >= 4 is 0 Å². The van der Waals surface area contributed by atoms with Gasteiger partial charge in [-0.3, -0.25) is 0 Å². The Balaban J connectivity index is 2.03. The summed E-state index contributed by atoms with van der Waals surface area (Å²) in [6, 6.07) is 6.67. The Morgan fingerprint density at radius 2 is 2.12 bits per heavy atom. The molecule has 0 amide bonds. The van der Waals surface area contributed by atoms with E-state index < -0.39 is 0 Å². The van der Waals surface area contributed by atoms with E-state index in [0.29, 0.717) is 5.92 Å². The topological polar surface area (TPSA) is 47.3 Å². The van der Waals surface area contributed by atoms with Crippen LogP contribution in [0.4, 0.5) is 4.39 Å². The van der Waals surface area contributed by atoms with Gasteiger partial charge in [-0.1, -0.05) is 12.1 Å². The van der Waals surface area contributed by atoms with Gasteiger partial charge in [0.05, 0.1) is 6.10 Å². The average molecular weight is 238 g/mol. The Morgan fingerprint density at radius 1 is 1.41 bits per heavy atom. The summed E-state index contributed by atoms with van der Waals surface area (Å²) >= 11 is 0. The monoisotopic (exact) mass is 238 g/mol. The van der Waals surface area contributed by atoms with Crippen LogP contribution in [0.5, 0.6) is 0 Å². The van der Waals surface area contributed by atoms with Crippen molar-refractivity contribution < 1.29 is 9.13 Å². The summed E-state index contributed by atoms with van der Waals surface area (Å²) in [6.45, 7) is 1.80. The molecule has 0 aromatic heterocycles. The molecule has 1 aliphatic rings. The smallest absolute Gasteiger partial charge is 0.123 e. The summed E-state index contributed by atoms with van der Waals surface area (Å²) in [5.41, 5.74) is 7.01. The van der Waals surface area contributed by atoms with E-state index in [4.69, 9.17) is 10.5 Å². The second kappa shape index (κ2) is 5.58. The molecule has 94 valence electrons. The predicted molar refractivity (Wildman–Crippen MR) is 65.1 cm³/mol. The molecule has 1 unspecified atom stereocenters. The molecule has 0 aliphatic carbocycles. The zero-order valence-electron chi connectivity index (χ0n) is 10.0. The minimum atomic E-state index is -0.220. The van der Waals surface area contributed by atoms with Gasteiger partial charge in [-0.15, -0.1) is 0 Å². The zero-order valence-corrected chi connectivity index (χ0v) is 10.0. The fourth-order valence-corrected chi connectivity index (χ4v) is 2.33. The molecule has 1 fully saturated rings. The lowest BCUT2D eigenvalue weighted by atomic mass is 9.93. The van der Waals surface area contributed by atoms with E-state index in [1.54, 1.807) is 19.2 Å². The molecule has 3 N–H and O–H groups in total. The Kier molecular flexibility index (Phi) is 4.10. The van der Waals surface area contributed by atoms with Crippen LogP contribution in [0.2, 0.25) is 0 Å². The van der Waals surface area contributed by atoms with Gasteiger partial charge >= 0.3 is 0 Å². The molecule has 4 heteroatoms. The molecule has 1 saturated heterocycles. The molecule has 0 saturated carbocycles. The van der Waals surface area contributed by atoms with Crippen molar-refractivity contribution in [2.45, 2.75) is 18.6 Å². The minimum Gasteiger partial charge on any atom is -0.377 e. The SMILES string of the molecule is COC(C[C@@H]1CNC[C@H]1N)c1ccc(F)cc1. The Bertz CT molecular complexity index is 355. The Labute approximate surface area is 101 Å². The van der Waals surface area contributed by atoms with Gasteiger partial charge in [-0.05, 0) is 36.6 Å². The van der Waals surface area contributed by atoms with E-state index >= 15 is 0 Å². The highest BCUT2D eigenvalue weighted by Crippen LogP contribution is 2.27. The molecule has 0 bridgehead atoms. The first-order valence-corrected chi connectivity index (χ1v) is 5.95. The summed E-state index contributed by atoms with van der Waals surface area (Å²) < 4.78 is 18.3. The van der Waals surface area contributed by atoms with Crippen LogP contribution in [0.3, 0.4) is 0 Å². The van der Waals surface area contributed by atoms with Gasteiger partial charge in [0.1, 0.15) is 5.82 Å². The number of ether oxygens (including phenoxy) is 1. The van der Waals surface area contributed by atoms with Crippen LogP contribution in [0.15, 0.2) is 24.3 Å². The van der Waals surface area contributed by atoms with E-state index in [1.165, 1.54) is 12.1 Å². The van der Waals surface area contributed by atoms with Gasteiger partial charge in [-0.2, -0.15) is 0 Å². The molecule has 3 atom stereocenters. The van der Waals surface area contributed by atoms with Crippen LogP contribution in [0, 0.1) is 11.7 Å². The summed E-state index contributed by atoms with van der Waals surface area (Å²) in [4.78, 5) is 0. The first-order valence-electron chi connectivity index (χ1n) is 5.95. The van der Waals surface area contributed by atoms with Crippen molar-refractivity contribution in [2.75, 3.05) is 20.2 Å². The van der Waals surface area contributed by atoms with Gasteiger partial charge in [0, 0.05) is 19.7 Å². The number of nitrogens with one attached hydrogen (secondary N) is 1. The molecule has 17 heavy (non-hydrogen) atoms. The van der Waals surface area contributed by atoms with Gasteiger partial charge in [0.2, 0.25) is 0 Å². The van der Waals surface area contributed by atoms with Crippen LogP contribution in [0.25, 0.3) is 0 Å². The van der Waals surface area contributed by atoms with E-state index in [2.05, 4.69) is 5.32 Å². The second-order valence-corrected chi connectivity index (χ2v) is 4.59. The summed E-state index contributed by atoms with van der Waals surface area (Å²) in [6.07, 6.45) is 0.864. The quantitative estimate of drug-likeness (QED) is 0.834. The molecule has 0 spiro atoms. The fourth-order valence-electron chi connectivity index (χ4n) is 2.33. The lowest BCUT2D eigenvalue weighted by Gasteiger charge is -2.21. The highest BCUT2D eigenvalue weighted by Gasteiger charge is 2.27. The molecule has 1 heterocycles. The summed E-state index contributed by atoms with van der Waals surface area (Å²) in [7, 11) is 1.68. The van der Waals surface area contributed by atoms with Crippen LogP contribution < -0.4 is 11.1 Å². The molecule has 3 nitrogen and oxygen atoms in total. The van der Waals surface area contributed by atoms with Crippen molar-refractivity contribution in [3.05, 3.63) is 35.6 Å². The normalized spacial score (nSPS) is 26.1. The first-order chi connectivity index (χ1) is 8.20. The predicted octanol–water partition coefficient (Wildman–Crippen LogP) is 1.45. The summed E-state index contributed by atoms with van der Waals surface area (Å²) in [5, 5.41) is 3.27. The van der Waals surface area contributed by atoms with E-state index in [0.717, 1.165) is 25.1 Å². The minimum absolute atomic E-state index is 0.00782. The number of nitrogens with two attached hydrogens (primary N) is 1. The lowest BCUT2D eigenvalue weighted by Crippen LogP contribution is -2.30. The van der Waals surface area contributed by atoms with Crippen LogP contribution in [-0.2, 0) is 4.74 Å². The number of hydrogen-bond acceptors (Lipinski definition) is 3. The standard InChI is InChI=1S/C13H19FN2O/c1-17-13(6-10-7-16-8-12(10)15)9-2-4-11(14)5-3-9/h2-5,10,12-13,16H,6-8,15H2,1H3/t10-,12-,13?/m1/s1. The van der Waals surface area contributed by atoms with Gasteiger partial charge in [0.25, 0.3) is 0 Å². The number of halogens is 1. The average Bonchev–Trinajstić information content (AvgIpc) is 2.73. The van der Waals surface area contributed by atoms with E-state index in [9.17, 15) is 4.39 Å². The number of hydrogen-bond donors (Lipinski definition) is 2. The van der Waals surface area contributed by atoms with Crippen LogP contribution >= 0.6 is 0 Å². The second-order valence-electron chi connectivity index (χ2n) is 4.59. The van der Waals surface area contributed by atoms with Gasteiger partial charge < -0.3 is 15.8 Å². The lowest BCUT2D eigenvalue weighted by molar-refractivity contribution is 0.0804. The van der Waals surface area contributed by atoms with Crippen LogP contribution in [-0.4, -0.2) is 26.2 Å². The van der Waals surface area contributed by atoms with Crippen LogP contribution in [0.1, 0.15) is 18.1 Å². The maximum absolute atomic E-state index is 12.9. The van der Waals surface area contributed by atoms with E-state index in [-0.39, 0.29) is 18.0 Å². The Morgan fingerprint density at radius 3 is 2.65 bits per heavy atom.